The first kappa shape index (κ1) is 11.5. The van der Waals surface area contributed by atoms with Gasteiger partial charge in [0.05, 0.1) is 12.6 Å². The van der Waals surface area contributed by atoms with Crippen molar-refractivity contribution in [3.05, 3.63) is 36.0 Å². The van der Waals surface area contributed by atoms with E-state index in [0.29, 0.717) is 17.2 Å². The van der Waals surface area contributed by atoms with Crippen molar-refractivity contribution in [1.82, 2.24) is 15.0 Å². The lowest BCUT2D eigenvalue weighted by atomic mass is 10.2. The number of phenolic OH excluding ortho intramolecular Hbond substituents is 1. The van der Waals surface area contributed by atoms with Crippen LogP contribution in [0.4, 0.5) is 0 Å². The number of aromatic nitrogens is 3. The van der Waals surface area contributed by atoms with E-state index in [1.807, 2.05) is 25.1 Å². The number of imidazole rings is 1. The summed E-state index contributed by atoms with van der Waals surface area (Å²) in [4.78, 5) is 11.9. The number of nitrogens with one attached hydrogen (secondary N) is 1. The Balaban J connectivity index is 2.11. The van der Waals surface area contributed by atoms with Crippen LogP contribution < -0.4 is 4.74 Å². The number of hydrogen-bond donors (Lipinski definition) is 2. The molecule has 3 aromatic rings. The van der Waals surface area contributed by atoms with Gasteiger partial charge in [0.15, 0.2) is 17.1 Å². The van der Waals surface area contributed by atoms with Gasteiger partial charge in [0.2, 0.25) is 0 Å². The van der Waals surface area contributed by atoms with Gasteiger partial charge in [-0.25, -0.2) is 9.97 Å². The molecule has 5 heteroatoms. The number of aromatic hydroxyl groups is 1. The van der Waals surface area contributed by atoms with Crippen molar-refractivity contribution < 1.29 is 9.84 Å². The Morgan fingerprint density at radius 2 is 2.00 bits per heavy atom. The smallest absolute Gasteiger partial charge is 0.178 e. The molecule has 1 aromatic carbocycles. The van der Waals surface area contributed by atoms with Crippen LogP contribution in [0.15, 0.2) is 30.3 Å². The highest BCUT2D eigenvalue weighted by Crippen LogP contribution is 2.30. The molecule has 0 amide bonds. The standard InChI is InChI=1S/C14H13N3O2/c1-8-3-5-10-14(15-8)17-13(16-10)9-4-6-12(19-2)11(18)7-9/h3-7,18H,1-2H3,(H,15,16,17). The van der Waals surface area contributed by atoms with Crippen LogP contribution in [-0.2, 0) is 0 Å². The molecular weight excluding hydrogens is 242 g/mol. The zero-order valence-electron chi connectivity index (χ0n) is 10.6. The predicted molar refractivity (Wildman–Crippen MR) is 72.3 cm³/mol. The second-order valence-electron chi connectivity index (χ2n) is 4.30. The number of pyridine rings is 1. The fourth-order valence-corrected chi connectivity index (χ4v) is 1.96. The molecule has 0 aliphatic heterocycles. The Bertz CT molecular complexity index is 750. The predicted octanol–water partition coefficient (Wildman–Crippen LogP) is 2.65. The average molecular weight is 255 g/mol. The van der Waals surface area contributed by atoms with Gasteiger partial charge in [-0.2, -0.15) is 0 Å². The van der Waals surface area contributed by atoms with E-state index < -0.39 is 0 Å². The maximum atomic E-state index is 9.79. The third-order valence-electron chi connectivity index (χ3n) is 2.94. The van der Waals surface area contributed by atoms with E-state index in [-0.39, 0.29) is 5.75 Å². The number of phenols is 1. The van der Waals surface area contributed by atoms with E-state index >= 15 is 0 Å². The number of benzene rings is 1. The molecule has 0 spiro atoms. The molecule has 0 atom stereocenters. The lowest BCUT2D eigenvalue weighted by Gasteiger charge is -2.04. The highest BCUT2D eigenvalue weighted by molar-refractivity contribution is 5.76. The number of methoxy groups -OCH3 is 1. The molecule has 0 radical (unpaired) electrons. The fourth-order valence-electron chi connectivity index (χ4n) is 1.96. The first-order valence-corrected chi connectivity index (χ1v) is 5.88. The van der Waals surface area contributed by atoms with Crippen LogP contribution in [0, 0.1) is 6.92 Å². The van der Waals surface area contributed by atoms with Gasteiger partial charge >= 0.3 is 0 Å². The summed E-state index contributed by atoms with van der Waals surface area (Å²) in [5.41, 5.74) is 3.25. The zero-order valence-corrected chi connectivity index (χ0v) is 10.6. The van der Waals surface area contributed by atoms with Gasteiger partial charge in [0, 0.05) is 11.3 Å². The van der Waals surface area contributed by atoms with E-state index in [1.165, 1.54) is 7.11 Å². The fraction of sp³-hybridized carbons (Fsp3) is 0.143. The van der Waals surface area contributed by atoms with Crippen LogP contribution in [0.3, 0.4) is 0 Å². The van der Waals surface area contributed by atoms with E-state index in [9.17, 15) is 5.11 Å². The molecule has 0 bridgehead atoms. The second kappa shape index (κ2) is 4.28. The number of H-pyrrole nitrogens is 1. The van der Waals surface area contributed by atoms with Gasteiger partial charge in [-0.15, -0.1) is 0 Å². The molecule has 2 N–H and O–H groups in total. The van der Waals surface area contributed by atoms with Gasteiger partial charge in [0.1, 0.15) is 5.82 Å². The molecule has 0 unspecified atom stereocenters. The quantitative estimate of drug-likeness (QED) is 0.738. The summed E-state index contributed by atoms with van der Waals surface area (Å²) in [6.45, 7) is 1.92. The number of nitrogens with zero attached hydrogens (tertiary/aromatic N) is 2. The van der Waals surface area contributed by atoms with Gasteiger partial charge in [0.25, 0.3) is 0 Å². The second-order valence-corrected chi connectivity index (χ2v) is 4.30. The molecule has 0 aliphatic carbocycles. The minimum atomic E-state index is 0.0876. The number of fused-ring (bicyclic) bond motifs is 1. The molecule has 2 aromatic heterocycles. The molecule has 3 rings (SSSR count). The minimum Gasteiger partial charge on any atom is -0.504 e. The molecule has 0 saturated heterocycles. The molecule has 0 aliphatic rings. The Morgan fingerprint density at radius 1 is 1.16 bits per heavy atom. The summed E-state index contributed by atoms with van der Waals surface area (Å²) in [7, 11) is 1.52. The van der Waals surface area contributed by atoms with Crippen molar-refractivity contribution in [3.63, 3.8) is 0 Å². The van der Waals surface area contributed by atoms with E-state index in [0.717, 1.165) is 16.8 Å². The van der Waals surface area contributed by atoms with Crippen molar-refractivity contribution in [2.24, 2.45) is 0 Å². The summed E-state index contributed by atoms with van der Waals surface area (Å²) in [6, 6.07) is 9.02. The SMILES string of the molecule is COc1ccc(-c2nc3nc(C)ccc3[nH]2)cc1O. The van der Waals surface area contributed by atoms with Crippen LogP contribution >= 0.6 is 0 Å². The summed E-state index contributed by atoms with van der Waals surface area (Å²) >= 11 is 0. The first-order chi connectivity index (χ1) is 9.17. The van der Waals surface area contributed by atoms with Crippen molar-refractivity contribution in [2.75, 3.05) is 7.11 Å². The number of hydrogen-bond acceptors (Lipinski definition) is 4. The van der Waals surface area contributed by atoms with E-state index in [4.69, 9.17) is 4.74 Å². The number of ether oxygens (including phenoxy) is 1. The van der Waals surface area contributed by atoms with Gasteiger partial charge < -0.3 is 14.8 Å². The summed E-state index contributed by atoms with van der Waals surface area (Å²) in [5.74, 6) is 1.20. The maximum Gasteiger partial charge on any atom is 0.178 e. The van der Waals surface area contributed by atoms with Crippen LogP contribution in [0.5, 0.6) is 11.5 Å². The van der Waals surface area contributed by atoms with Gasteiger partial charge in [-0.3, -0.25) is 0 Å². The Hall–Kier alpha value is -2.56. The van der Waals surface area contributed by atoms with Crippen LogP contribution in [0.25, 0.3) is 22.6 Å². The number of aryl methyl sites for hydroxylation is 1. The van der Waals surface area contributed by atoms with Gasteiger partial charge in [-0.1, -0.05) is 0 Å². The molecule has 19 heavy (non-hydrogen) atoms. The third kappa shape index (κ3) is 1.99. The highest BCUT2D eigenvalue weighted by Gasteiger charge is 2.09. The minimum absolute atomic E-state index is 0.0876. The van der Waals surface area contributed by atoms with Crippen molar-refractivity contribution in [1.29, 1.82) is 0 Å². The molecule has 5 nitrogen and oxygen atoms in total. The zero-order chi connectivity index (χ0) is 13.4. The first-order valence-electron chi connectivity index (χ1n) is 5.88. The molecule has 96 valence electrons. The highest BCUT2D eigenvalue weighted by atomic mass is 16.5. The topological polar surface area (TPSA) is 71.0 Å². The Morgan fingerprint density at radius 3 is 2.74 bits per heavy atom. The van der Waals surface area contributed by atoms with Crippen molar-refractivity contribution in [3.8, 4) is 22.9 Å². The lowest BCUT2D eigenvalue weighted by Crippen LogP contribution is -1.85. The summed E-state index contributed by atoms with van der Waals surface area (Å²) in [6.07, 6.45) is 0. The largest absolute Gasteiger partial charge is 0.504 e. The normalized spacial score (nSPS) is 10.8. The molecule has 0 saturated carbocycles. The van der Waals surface area contributed by atoms with Crippen LogP contribution in [-0.4, -0.2) is 27.2 Å². The maximum absolute atomic E-state index is 9.79. The molecule has 0 fully saturated rings. The van der Waals surface area contributed by atoms with Gasteiger partial charge in [-0.05, 0) is 37.3 Å². The van der Waals surface area contributed by atoms with Crippen LogP contribution in [0.1, 0.15) is 5.69 Å². The molecule has 2 heterocycles. The van der Waals surface area contributed by atoms with Crippen LogP contribution in [0.2, 0.25) is 0 Å². The number of aromatic amines is 1. The summed E-state index contributed by atoms with van der Waals surface area (Å²) in [5, 5.41) is 9.79. The lowest BCUT2D eigenvalue weighted by molar-refractivity contribution is 0.373. The summed E-state index contributed by atoms with van der Waals surface area (Å²) < 4.78 is 5.02. The van der Waals surface area contributed by atoms with E-state index in [1.54, 1.807) is 12.1 Å². The number of rotatable bonds is 2. The Labute approximate surface area is 109 Å². The monoisotopic (exact) mass is 255 g/mol. The van der Waals surface area contributed by atoms with E-state index in [2.05, 4.69) is 15.0 Å². The molecular formula is C14H13N3O2. The Kier molecular flexibility index (Phi) is 2.59. The third-order valence-corrected chi connectivity index (χ3v) is 2.94. The van der Waals surface area contributed by atoms with Crippen molar-refractivity contribution >= 4 is 11.2 Å². The average Bonchev–Trinajstić information content (AvgIpc) is 2.81. The van der Waals surface area contributed by atoms with Crippen molar-refractivity contribution in [2.45, 2.75) is 6.92 Å².